The van der Waals surface area contributed by atoms with E-state index >= 15 is 0 Å². The van der Waals surface area contributed by atoms with Crippen LogP contribution in [-0.4, -0.2) is 47.8 Å². The minimum Gasteiger partial charge on any atom is -0.464 e. The molecule has 0 radical (unpaired) electrons. The number of imide groups is 1. The maximum absolute atomic E-state index is 13.1. The number of hydrogen-bond donors (Lipinski definition) is 1. The fourth-order valence-electron chi connectivity index (χ4n) is 3.93. The van der Waals surface area contributed by atoms with Gasteiger partial charge in [0.05, 0.1) is 25.3 Å². The Bertz CT molecular complexity index is 1330. The standard InChI is InChI=1S/C26H22Br2N2O5S/c1-2-35-26(34)20(13-17-14-21(27)36-22(17)28)29-23(31)16-8-9-18-19(12-16)25(33)30(24(18)32)11-10-15-6-4-3-5-7-15/h3-9,12,14,20H,2,10-11,13H2,1H3,(H,29,31). The fraction of sp³-hybridized carbons (Fsp3) is 0.231. The molecule has 36 heavy (non-hydrogen) atoms. The first-order valence-corrected chi connectivity index (χ1v) is 13.6. The van der Waals surface area contributed by atoms with E-state index < -0.39 is 23.8 Å². The second-order valence-corrected chi connectivity index (χ2v) is 11.8. The molecule has 4 rings (SSSR count). The van der Waals surface area contributed by atoms with Crippen molar-refractivity contribution in [1.82, 2.24) is 10.2 Å². The molecule has 0 saturated heterocycles. The number of amides is 3. The lowest BCUT2D eigenvalue weighted by molar-refractivity contribution is -0.145. The molecule has 1 unspecified atom stereocenters. The topological polar surface area (TPSA) is 92.8 Å². The first-order chi connectivity index (χ1) is 17.3. The summed E-state index contributed by atoms with van der Waals surface area (Å²) in [4.78, 5) is 52.7. The van der Waals surface area contributed by atoms with Crippen molar-refractivity contribution in [2.45, 2.75) is 25.8 Å². The summed E-state index contributed by atoms with van der Waals surface area (Å²) in [7, 11) is 0. The molecule has 186 valence electrons. The largest absolute Gasteiger partial charge is 0.464 e. The van der Waals surface area contributed by atoms with E-state index in [4.69, 9.17) is 4.74 Å². The van der Waals surface area contributed by atoms with Gasteiger partial charge in [-0.1, -0.05) is 30.3 Å². The van der Waals surface area contributed by atoms with E-state index in [0.717, 1.165) is 18.7 Å². The van der Waals surface area contributed by atoms with Crippen molar-refractivity contribution in [3.8, 4) is 0 Å². The summed E-state index contributed by atoms with van der Waals surface area (Å²) in [6.45, 7) is 2.11. The van der Waals surface area contributed by atoms with Crippen LogP contribution >= 0.6 is 43.2 Å². The zero-order valence-corrected chi connectivity index (χ0v) is 23.2. The van der Waals surface area contributed by atoms with Crippen molar-refractivity contribution in [2.75, 3.05) is 13.2 Å². The molecule has 0 bridgehead atoms. The van der Waals surface area contributed by atoms with E-state index in [1.807, 2.05) is 36.4 Å². The molecule has 2 heterocycles. The highest BCUT2D eigenvalue weighted by Crippen LogP contribution is 2.33. The van der Waals surface area contributed by atoms with E-state index in [2.05, 4.69) is 37.2 Å². The van der Waals surface area contributed by atoms with Crippen LogP contribution in [0.2, 0.25) is 0 Å². The number of carbonyl (C=O) groups is 4. The minimum atomic E-state index is -0.928. The highest BCUT2D eigenvalue weighted by molar-refractivity contribution is 9.12. The Morgan fingerprint density at radius 2 is 1.75 bits per heavy atom. The zero-order valence-electron chi connectivity index (χ0n) is 19.3. The summed E-state index contributed by atoms with van der Waals surface area (Å²) in [6, 6.07) is 14.9. The normalized spacial score (nSPS) is 13.5. The van der Waals surface area contributed by atoms with Crippen LogP contribution in [0.25, 0.3) is 0 Å². The van der Waals surface area contributed by atoms with Gasteiger partial charge in [0.1, 0.15) is 6.04 Å². The Balaban J connectivity index is 1.50. The summed E-state index contributed by atoms with van der Waals surface area (Å²) in [6.07, 6.45) is 0.762. The number of hydrogen-bond acceptors (Lipinski definition) is 6. The van der Waals surface area contributed by atoms with Crippen LogP contribution in [0.5, 0.6) is 0 Å². The molecule has 10 heteroatoms. The van der Waals surface area contributed by atoms with Crippen molar-refractivity contribution in [3.05, 3.63) is 90.0 Å². The van der Waals surface area contributed by atoms with Crippen molar-refractivity contribution in [2.24, 2.45) is 0 Å². The van der Waals surface area contributed by atoms with Gasteiger partial charge >= 0.3 is 5.97 Å². The lowest BCUT2D eigenvalue weighted by Gasteiger charge is -2.17. The average molecular weight is 634 g/mol. The van der Waals surface area contributed by atoms with Crippen molar-refractivity contribution in [1.29, 1.82) is 0 Å². The molecule has 0 aliphatic carbocycles. The third-order valence-corrected chi connectivity index (χ3v) is 8.19. The lowest BCUT2D eigenvalue weighted by Crippen LogP contribution is -2.43. The summed E-state index contributed by atoms with van der Waals surface area (Å²) >= 11 is 8.35. The molecule has 1 aliphatic heterocycles. The highest BCUT2D eigenvalue weighted by atomic mass is 79.9. The van der Waals surface area contributed by atoms with Crippen LogP contribution in [0.4, 0.5) is 0 Å². The third-order valence-electron chi connectivity index (χ3n) is 5.73. The van der Waals surface area contributed by atoms with Gasteiger partial charge in [-0.15, -0.1) is 11.3 Å². The predicted molar refractivity (Wildman–Crippen MR) is 143 cm³/mol. The molecule has 0 saturated carbocycles. The molecule has 1 aromatic heterocycles. The van der Waals surface area contributed by atoms with Gasteiger partial charge in [0.15, 0.2) is 0 Å². The number of thiophene rings is 1. The quantitative estimate of drug-likeness (QED) is 0.264. The van der Waals surface area contributed by atoms with E-state index in [1.165, 1.54) is 34.4 Å². The Morgan fingerprint density at radius 3 is 2.42 bits per heavy atom. The summed E-state index contributed by atoms with van der Waals surface area (Å²) in [5, 5.41) is 2.72. The first-order valence-electron chi connectivity index (χ1n) is 11.2. The van der Waals surface area contributed by atoms with Gasteiger partial charge in [-0.05, 0) is 80.6 Å². The Morgan fingerprint density at radius 1 is 1.03 bits per heavy atom. The number of esters is 1. The van der Waals surface area contributed by atoms with Crippen LogP contribution in [0.3, 0.4) is 0 Å². The van der Waals surface area contributed by atoms with E-state index in [0.29, 0.717) is 6.42 Å². The van der Waals surface area contributed by atoms with Gasteiger partial charge in [0, 0.05) is 18.5 Å². The highest BCUT2D eigenvalue weighted by Gasteiger charge is 2.36. The van der Waals surface area contributed by atoms with E-state index in [9.17, 15) is 19.2 Å². The van der Waals surface area contributed by atoms with Gasteiger partial charge in [-0.3, -0.25) is 19.3 Å². The molecular formula is C26H22Br2N2O5S. The minimum absolute atomic E-state index is 0.175. The number of nitrogens with zero attached hydrogens (tertiary/aromatic N) is 1. The lowest BCUT2D eigenvalue weighted by atomic mass is 10.0. The number of fused-ring (bicyclic) bond motifs is 1. The molecule has 7 nitrogen and oxygen atoms in total. The predicted octanol–water partition coefficient (Wildman–Crippen LogP) is 5.02. The molecule has 1 atom stereocenters. The Hall–Kier alpha value is -2.82. The molecule has 2 aromatic carbocycles. The number of ether oxygens (including phenoxy) is 1. The van der Waals surface area contributed by atoms with Crippen molar-refractivity contribution in [3.63, 3.8) is 0 Å². The third kappa shape index (κ3) is 5.77. The van der Waals surface area contributed by atoms with Gasteiger partial charge < -0.3 is 10.1 Å². The maximum Gasteiger partial charge on any atom is 0.328 e. The number of halogens is 2. The summed E-state index contributed by atoms with van der Waals surface area (Å²) < 4.78 is 6.89. The van der Waals surface area contributed by atoms with Crippen molar-refractivity contribution >= 4 is 66.9 Å². The number of benzene rings is 2. The van der Waals surface area contributed by atoms with Crippen LogP contribution in [-0.2, 0) is 22.4 Å². The number of rotatable bonds is 9. The maximum atomic E-state index is 13.1. The van der Waals surface area contributed by atoms with Crippen LogP contribution in [0, 0.1) is 0 Å². The van der Waals surface area contributed by atoms with Crippen molar-refractivity contribution < 1.29 is 23.9 Å². The fourth-order valence-corrected chi connectivity index (χ4v) is 6.79. The van der Waals surface area contributed by atoms with Gasteiger partial charge in [0.25, 0.3) is 17.7 Å². The molecular weight excluding hydrogens is 612 g/mol. The molecule has 1 aliphatic rings. The molecule has 0 spiro atoms. The first kappa shape index (κ1) is 26.2. The van der Waals surface area contributed by atoms with Gasteiger partial charge in [0.2, 0.25) is 0 Å². The SMILES string of the molecule is CCOC(=O)C(Cc1cc(Br)sc1Br)NC(=O)c1ccc2c(c1)C(=O)N(CCc1ccccc1)C2=O. The van der Waals surface area contributed by atoms with Gasteiger partial charge in [-0.25, -0.2) is 4.79 Å². The monoisotopic (exact) mass is 632 g/mol. The van der Waals surface area contributed by atoms with Crippen LogP contribution < -0.4 is 5.32 Å². The summed E-state index contributed by atoms with van der Waals surface area (Å²) in [5.41, 5.74) is 2.48. The van der Waals surface area contributed by atoms with Crippen LogP contribution in [0.15, 0.2) is 62.2 Å². The zero-order chi connectivity index (χ0) is 25.8. The second kappa shape index (κ2) is 11.5. The number of carbonyl (C=O) groups excluding carboxylic acids is 4. The Labute approximate surface area is 229 Å². The number of nitrogens with one attached hydrogen (secondary N) is 1. The molecule has 3 amide bonds. The molecule has 1 N–H and O–H groups in total. The smallest absolute Gasteiger partial charge is 0.328 e. The summed E-state index contributed by atoms with van der Waals surface area (Å²) in [5.74, 6) is -1.91. The van der Waals surface area contributed by atoms with E-state index in [-0.39, 0.29) is 42.2 Å². The molecule has 0 fully saturated rings. The van der Waals surface area contributed by atoms with Crippen LogP contribution in [0.1, 0.15) is 49.1 Å². The molecule has 3 aromatic rings. The van der Waals surface area contributed by atoms with Gasteiger partial charge in [-0.2, -0.15) is 0 Å². The second-order valence-electron chi connectivity index (χ2n) is 8.09. The average Bonchev–Trinajstić information content (AvgIpc) is 3.31. The van der Waals surface area contributed by atoms with E-state index in [1.54, 1.807) is 6.92 Å². The Kier molecular flexibility index (Phi) is 8.38.